The predicted octanol–water partition coefficient (Wildman–Crippen LogP) is 3.17. The molecular weight excluding hydrogens is 344 g/mol. The molecule has 3 rings (SSSR count). The summed E-state index contributed by atoms with van der Waals surface area (Å²) in [4.78, 5) is 12.3. The minimum absolute atomic E-state index is 0.288. The van der Waals surface area contributed by atoms with Gasteiger partial charge in [-0.15, -0.1) is 0 Å². The number of rotatable bonds is 6. The summed E-state index contributed by atoms with van der Waals surface area (Å²) in [5.41, 5.74) is 6.11. The highest BCUT2D eigenvalue weighted by molar-refractivity contribution is 5.94. The fourth-order valence-corrected chi connectivity index (χ4v) is 2.47. The van der Waals surface area contributed by atoms with Crippen LogP contribution in [0.2, 0.25) is 0 Å². The maximum atomic E-state index is 12.3. The van der Waals surface area contributed by atoms with E-state index in [9.17, 15) is 4.79 Å². The number of carbonyl (C=O) groups is 1. The van der Waals surface area contributed by atoms with Crippen LogP contribution in [0.3, 0.4) is 0 Å². The van der Waals surface area contributed by atoms with E-state index in [1.54, 1.807) is 44.7 Å². The third-order valence-corrected chi connectivity index (χ3v) is 3.96. The molecule has 2 aromatic carbocycles. The molecule has 7 nitrogen and oxygen atoms in total. The number of hydrogen-bond acceptors (Lipinski definition) is 5. The molecule has 27 heavy (non-hydrogen) atoms. The molecule has 0 atom stereocenters. The van der Waals surface area contributed by atoms with Crippen LogP contribution < -0.4 is 14.9 Å². The van der Waals surface area contributed by atoms with Crippen LogP contribution in [-0.4, -0.2) is 36.5 Å². The van der Waals surface area contributed by atoms with Gasteiger partial charge in [-0.3, -0.25) is 9.89 Å². The second-order valence-corrected chi connectivity index (χ2v) is 5.84. The Morgan fingerprint density at radius 1 is 1.11 bits per heavy atom. The monoisotopic (exact) mass is 364 g/mol. The van der Waals surface area contributed by atoms with Crippen molar-refractivity contribution in [1.82, 2.24) is 15.6 Å². The molecule has 0 saturated heterocycles. The van der Waals surface area contributed by atoms with Crippen LogP contribution in [0.4, 0.5) is 0 Å². The van der Waals surface area contributed by atoms with E-state index in [0.717, 1.165) is 16.7 Å². The van der Waals surface area contributed by atoms with Crippen LogP contribution in [-0.2, 0) is 0 Å². The van der Waals surface area contributed by atoms with E-state index in [1.165, 1.54) is 0 Å². The molecule has 3 aromatic rings. The summed E-state index contributed by atoms with van der Waals surface area (Å²) in [6.07, 6.45) is 1.58. The maximum absolute atomic E-state index is 12.3. The molecule has 1 heterocycles. The summed E-state index contributed by atoms with van der Waals surface area (Å²) in [6.45, 7) is 2.01. The molecule has 0 aliphatic carbocycles. The summed E-state index contributed by atoms with van der Waals surface area (Å²) < 4.78 is 10.6. The number of amides is 1. The number of benzene rings is 2. The molecule has 0 saturated carbocycles. The number of hydrogen-bond donors (Lipinski definition) is 2. The Morgan fingerprint density at radius 2 is 1.89 bits per heavy atom. The Morgan fingerprint density at radius 3 is 2.59 bits per heavy atom. The van der Waals surface area contributed by atoms with Gasteiger partial charge in [-0.2, -0.15) is 10.2 Å². The molecule has 0 spiro atoms. The molecule has 1 aromatic heterocycles. The molecule has 2 N–H and O–H groups in total. The van der Waals surface area contributed by atoms with E-state index in [0.29, 0.717) is 17.2 Å². The number of aromatic amines is 1. The van der Waals surface area contributed by atoms with Crippen molar-refractivity contribution in [3.63, 3.8) is 0 Å². The molecule has 0 bridgehead atoms. The van der Waals surface area contributed by atoms with Crippen LogP contribution >= 0.6 is 0 Å². The largest absolute Gasteiger partial charge is 0.497 e. The fourth-order valence-electron chi connectivity index (χ4n) is 2.47. The van der Waals surface area contributed by atoms with Gasteiger partial charge in [0.25, 0.3) is 5.91 Å². The number of nitrogens with one attached hydrogen (secondary N) is 2. The van der Waals surface area contributed by atoms with Gasteiger partial charge in [0.05, 0.1) is 26.1 Å². The topological polar surface area (TPSA) is 88.6 Å². The van der Waals surface area contributed by atoms with Crippen molar-refractivity contribution in [2.75, 3.05) is 14.2 Å². The SMILES string of the molecule is COc1ccc(OC)c(-c2cc(C(=O)NN=Cc3ccc(C)cc3)[nH]n2)c1. The highest BCUT2D eigenvalue weighted by atomic mass is 16.5. The summed E-state index contributed by atoms with van der Waals surface area (Å²) in [7, 11) is 3.16. The number of H-pyrrole nitrogens is 1. The van der Waals surface area contributed by atoms with Crippen molar-refractivity contribution in [2.45, 2.75) is 6.92 Å². The van der Waals surface area contributed by atoms with Gasteiger partial charge >= 0.3 is 0 Å². The third kappa shape index (κ3) is 4.33. The van der Waals surface area contributed by atoms with E-state index < -0.39 is 0 Å². The number of aryl methyl sites for hydroxylation is 1. The molecule has 0 fully saturated rings. The van der Waals surface area contributed by atoms with E-state index in [-0.39, 0.29) is 11.6 Å². The van der Waals surface area contributed by atoms with E-state index in [2.05, 4.69) is 20.7 Å². The highest BCUT2D eigenvalue weighted by Crippen LogP contribution is 2.32. The first-order valence-electron chi connectivity index (χ1n) is 8.28. The third-order valence-electron chi connectivity index (χ3n) is 3.96. The first kappa shape index (κ1) is 18.2. The Labute approximate surface area is 157 Å². The first-order valence-corrected chi connectivity index (χ1v) is 8.28. The molecule has 0 aliphatic rings. The minimum Gasteiger partial charge on any atom is -0.497 e. The standard InChI is InChI=1S/C20H20N4O3/c1-13-4-6-14(7-5-13)12-21-24-20(25)18-11-17(22-23-18)16-10-15(26-2)8-9-19(16)27-3/h4-12H,1-3H3,(H,22,23)(H,24,25). The number of carbonyl (C=O) groups excluding carboxylic acids is 1. The van der Waals surface area contributed by atoms with Gasteiger partial charge < -0.3 is 9.47 Å². The van der Waals surface area contributed by atoms with Gasteiger partial charge in [0, 0.05) is 5.56 Å². The quantitative estimate of drug-likeness (QED) is 0.519. The van der Waals surface area contributed by atoms with E-state index in [1.807, 2.05) is 31.2 Å². The zero-order valence-corrected chi connectivity index (χ0v) is 15.3. The Hall–Kier alpha value is -3.61. The highest BCUT2D eigenvalue weighted by Gasteiger charge is 2.14. The first-order chi connectivity index (χ1) is 13.1. The van der Waals surface area contributed by atoms with Gasteiger partial charge in [-0.1, -0.05) is 29.8 Å². The summed E-state index contributed by atoms with van der Waals surface area (Å²) >= 11 is 0. The van der Waals surface area contributed by atoms with Crippen LogP contribution in [0, 0.1) is 6.92 Å². The lowest BCUT2D eigenvalue weighted by atomic mass is 10.1. The molecular formula is C20H20N4O3. The van der Waals surface area contributed by atoms with Crippen molar-refractivity contribution in [3.8, 4) is 22.8 Å². The summed E-state index contributed by atoms with van der Waals surface area (Å²) in [5.74, 6) is 0.910. The number of nitrogens with zero attached hydrogens (tertiary/aromatic N) is 2. The fraction of sp³-hybridized carbons (Fsp3) is 0.150. The summed E-state index contributed by atoms with van der Waals surface area (Å²) in [6, 6.07) is 14.8. The van der Waals surface area contributed by atoms with Crippen LogP contribution in [0.15, 0.2) is 53.6 Å². The Bertz CT molecular complexity index is 962. The minimum atomic E-state index is -0.390. The average Bonchev–Trinajstić information content (AvgIpc) is 3.19. The Balaban J connectivity index is 1.73. The predicted molar refractivity (Wildman–Crippen MR) is 103 cm³/mol. The molecule has 138 valence electrons. The van der Waals surface area contributed by atoms with Gasteiger partial charge in [0.15, 0.2) is 0 Å². The van der Waals surface area contributed by atoms with Gasteiger partial charge in [0.1, 0.15) is 17.2 Å². The lowest BCUT2D eigenvalue weighted by Crippen LogP contribution is -2.17. The maximum Gasteiger partial charge on any atom is 0.289 e. The second-order valence-electron chi connectivity index (χ2n) is 5.84. The second kappa shape index (κ2) is 8.18. The van der Waals surface area contributed by atoms with Crippen molar-refractivity contribution in [2.24, 2.45) is 5.10 Å². The molecule has 0 radical (unpaired) electrons. The van der Waals surface area contributed by atoms with Crippen LogP contribution in [0.1, 0.15) is 21.6 Å². The molecule has 7 heteroatoms. The number of ether oxygens (including phenoxy) is 2. The van der Waals surface area contributed by atoms with Crippen molar-refractivity contribution >= 4 is 12.1 Å². The zero-order chi connectivity index (χ0) is 19.2. The van der Waals surface area contributed by atoms with Crippen molar-refractivity contribution < 1.29 is 14.3 Å². The Kier molecular flexibility index (Phi) is 5.51. The number of aromatic nitrogens is 2. The van der Waals surface area contributed by atoms with E-state index in [4.69, 9.17) is 9.47 Å². The normalized spacial score (nSPS) is 10.8. The van der Waals surface area contributed by atoms with Gasteiger partial charge in [-0.05, 0) is 36.8 Å². The average molecular weight is 364 g/mol. The van der Waals surface area contributed by atoms with Crippen LogP contribution in [0.25, 0.3) is 11.3 Å². The lowest BCUT2D eigenvalue weighted by molar-refractivity contribution is 0.0950. The van der Waals surface area contributed by atoms with Crippen LogP contribution in [0.5, 0.6) is 11.5 Å². The number of methoxy groups -OCH3 is 2. The summed E-state index contributed by atoms with van der Waals surface area (Å²) in [5, 5.41) is 10.9. The smallest absolute Gasteiger partial charge is 0.289 e. The lowest BCUT2D eigenvalue weighted by Gasteiger charge is -2.08. The molecule has 0 unspecified atom stereocenters. The zero-order valence-electron chi connectivity index (χ0n) is 15.3. The van der Waals surface area contributed by atoms with E-state index >= 15 is 0 Å². The molecule has 1 amide bonds. The van der Waals surface area contributed by atoms with Crippen molar-refractivity contribution in [1.29, 1.82) is 0 Å². The van der Waals surface area contributed by atoms with Gasteiger partial charge in [-0.25, -0.2) is 5.43 Å². The van der Waals surface area contributed by atoms with Crippen molar-refractivity contribution in [3.05, 3.63) is 65.4 Å². The molecule has 0 aliphatic heterocycles. The number of hydrazone groups is 1. The van der Waals surface area contributed by atoms with Gasteiger partial charge in [0.2, 0.25) is 0 Å².